The molecule has 9 heteroatoms. The van der Waals surface area contributed by atoms with Crippen LogP contribution in [0.15, 0.2) is 36.4 Å². The number of piperidine rings is 1. The lowest BCUT2D eigenvalue weighted by Crippen LogP contribution is -2.57. The van der Waals surface area contributed by atoms with Crippen molar-refractivity contribution in [1.82, 2.24) is 10.2 Å². The first-order chi connectivity index (χ1) is 15.1. The average molecular weight is 487 g/mol. The molecule has 0 saturated carbocycles. The topological polar surface area (TPSA) is 52.6 Å². The fourth-order valence-corrected chi connectivity index (χ4v) is 5.30. The van der Waals surface area contributed by atoms with Gasteiger partial charge >= 0.3 is 0 Å². The molecule has 0 aliphatic carbocycles. The third-order valence-electron chi connectivity index (χ3n) is 7.08. The molecule has 2 heterocycles. The molecule has 33 heavy (non-hydrogen) atoms. The van der Waals surface area contributed by atoms with Crippen molar-refractivity contribution in [3.8, 4) is 0 Å². The molecule has 2 saturated heterocycles. The molecule has 2 aromatic carbocycles. The molecule has 0 spiro atoms. The number of rotatable bonds is 3. The first kappa shape index (κ1) is 25.5. The molecule has 0 radical (unpaired) electrons. The number of benzene rings is 2. The summed E-state index contributed by atoms with van der Waals surface area (Å²) >= 11 is 0. The van der Waals surface area contributed by atoms with Crippen LogP contribution in [-0.2, 0) is 10.4 Å². The van der Waals surface area contributed by atoms with E-state index in [1.165, 1.54) is 18.2 Å². The summed E-state index contributed by atoms with van der Waals surface area (Å²) in [5, 5.41) is 14.6. The van der Waals surface area contributed by atoms with Gasteiger partial charge in [-0.25, -0.2) is 17.6 Å². The summed E-state index contributed by atoms with van der Waals surface area (Å²) in [6.07, 6.45) is 0. The summed E-state index contributed by atoms with van der Waals surface area (Å²) in [5.74, 6) is -5.39. The van der Waals surface area contributed by atoms with E-state index in [1.54, 1.807) is 18.7 Å². The fourth-order valence-electron chi connectivity index (χ4n) is 5.30. The van der Waals surface area contributed by atoms with Gasteiger partial charge in [-0.1, -0.05) is 26.0 Å². The Balaban J connectivity index is 0.00000306. The van der Waals surface area contributed by atoms with Gasteiger partial charge in [0, 0.05) is 50.0 Å². The second-order valence-corrected chi connectivity index (χ2v) is 9.04. The van der Waals surface area contributed by atoms with Gasteiger partial charge in [0.25, 0.3) is 0 Å². The number of halogens is 5. The molecule has 180 valence electrons. The highest BCUT2D eigenvalue weighted by Crippen LogP contribution is 2.42. The molecule has 2 aliphatic heterocycles. The molecule has 2 aromatic rings. The summed E-state index contributed by atoms with van der Waals surface area (Å²) in [6, 6.07) is 6.76. The maximum absolute atomic E-state index is 14.4. The zero-order valence-corrected chi connectivity index (χ0v) is 19.1. The Kier molecular flexibility index (Phi) is 7.41. The maximum atomic E-state index is 14.4. The first-order valence-corrected chi connectivity index (χ1v) is 10.7. The van der Waals surface area contributed by atoms with Crippen molar-refractivity contribution in [3.05, 3.63) is 70.8 Å². The van der Waals surface area contributed by atoms with Gasteiger partial charge in [-0.3, -0.25) is 4.79 Å². The van der Waals surface area contributed by atoms with Crippen molar-refractivity contribution in [2.75, 3.05) is 26.2 Å². The van der Waals surface area contributed by atoms with Gasteiger partial charge in [-0.15, -0.1) is 12.4 Å². The van der Waals surface area contributed by atoms with Crippen LogP contribution in [0.4, 0.5) is 17.6 Å². The molecular formula is C24H27ClF4N2O2. The molecule has 2 aliphatic rings. The van der Waals surface area contributed by atoms with Crippen molar-refractivity contribution in [3.63, 3.8) is 0 Å². The van der Waals surface area contributed by atoms with E-state index in [0.29, 0.717) is 18.7 Å². The summed E-state index contributed by atoms with van der Waals surface area (Å²) in [5.41, 5.74) is -0.856. The van der Waals surface area contributed by atoms with Crippen molar-refractivity contribution in [2.24, 2.45) is 17.8 Å². The smallest absolute Gasteiger partial charge is 0.227 e. The van der Waals surface area contributed by atoms with E-state index in [4.69, 9.17) is 0 Å². The van der Waals surface area contributed by atoms with Crippen LogP contribution in [0, 0.1) is 41.0 Å². The number of amides is 1. The van der Waals surface area contributed by atoms with E-state index < -0.39 is 52.5 Å². The zero-order valence-electron chi connectivity index (χ0n) is 18.3. The third-order valence-corrected chi connectivity index (χ3v) is 7.08. The van der Waals surface area contributed by atoms with Crippen molar-refractivity contribution >= 4 is 18.3 Å². The number of nitrogens with zero attached hydrogens (tertiary/aromatic N) is 1. The Morgan fingerprint density at radius 1 is 0.970 bits per heavy atom. The Labute approximate surface area is 196 Å². The van der Waals surface area contributed by atoms with Crippen LogP contribution in [0.5, 0.6) is 0 Å². The van der Waals surface area contributed by atoms with Crippen LogP contribution in [0.2, 0.25) is 0 Å². The minimum atomic E-state index is -1.43. The number of hydrogen-bond acceptors (Lipinski definition) is 3. The number of likely N-dealkylation sites (tertiary alicyclic amines) is 1. The zero-order chi connectivity index (χ0) is 23.2. The third kappa shape index (κ3) is 4.48. The van der Waals surface area contributed by atoms with Crippen LogP contribution in [0.3, 0.4) is 0 Å². The average Bonchev–Trinajstić information content (AvgIpc) is 3.22. The Morgan fingerprint density at radius 2 is 1.64 bits per heavy atom. The lowest BCUT2D eigenvalue weighted by molar-refractivity contribution is -0.152. The van der Waals surface area contributed by atoms with Gasteiger partial charge in [0.1, 0.15) is 11.6 Å². The van der Waals surface area contributed by atoms with E-state index in [9.17, 15) is 27.5 Å². The van der Waals surface area contributed by atoms with Gasteiger partial charge in [0.05, 0.1) is 11.5 Å². The number of carbonyl (C=O) groups excluding carboxylic acids is 1. The molecule has 2 N–H and O–H groups in total. The van der Waals surface area contributed by atoms with Crippen molar-refractivity contribution in [2.45, 2.75) is 25.4 Å². The van der Waals surface area contributed by atoms with Crippen LogP contribution < -0.4 is 5.32 Å². The highest BCUT2D eigenvalue weighted by Gasteiger charge is 2.48. The monoisotopic (exact) mass is 486 g/mol. The first-order valence-electron chi connectivity index (χ1n) is 10.7. The largest absolute Gasteiger partial charge is 0.384 e. The van der Waals surface area contributed by atoms with Gasteiger partial charge in [0.2, 0.25) is 5.91 Å². The maximum Gasteiger partial charge on any atom is 0.227 e. The van der Waals surface area contributed by atoms with E-state index in [0.717, 1.165) is 18.2 Å². The molecule has 0 bridgehead atoms. The molecule has 0 aromatic heterocycles. The van der Waals surface area contributed by atoms with Crippen LogP contribution in [0.25, 0.3) is 0 Å². The lowest BCUT2D eigenvalue weighted by Gasteiger charge is -2.48. The quantitative estimate of drug-likeness (QED) is 0.646. The van der Waals surface area contributed by atoms with E-state index in [1.807, 2.05) is 0 Å². The lowest BCUT2D eigenvalue weighted by atomic mass is 9.70. The summed E-state index contributed by atoms with van der Waals surface area (Å²) in [7, 11) is 0. The predicted octanol–water partition coefficient (Wildman–Crippen LogP) is 3.97. The standard InChI is InChI=1S/C24H26F4N2O2.ClH/c1-13-11-30(12-14(2)24(13,32)15-3-6-20(26)22(28)7-15)23(31)19-10-29-9-18(19)17-5-4-16(25)8-21(17)27;/h3-8,13-14,18-19,29,32H,9-12H2,1-2H3;1H/t13-,14+,18-,19+,24+;/m0./s1. The minimum absolute atomic E-state index is 0. The van der Waals surface area contributed by atoms with E-state index >= 15 is 0 Å². The Morgan fingerprint density at radius 3 is 2.24 bits per heavy atom. The molecule has 1 amide bonds. The predicted molar refractivity (Wildman–Crippen MR) is 118 cm³/mol. The van der Waals surface area contributed by atoms with Crippen LogP contribution in [-0.4, -0.2) is 42.1 Å². The molecule has 4 nitrogen and oxygen atoms in total. The number of aliphatic hydroxyl groups is 1. The highest BCUT2D eigenvalue weighted by atomic mass is 35.5. The summed E-state index contributed by atoms with van der Waals surface area (Å²) in [6.45, 7) is 4.73. The van der Waals surface area contributed by atoms with Crippen molar-refractivity contribution < 1.29 is 27.5 Å². The van der Waals surface area contributed by atoms with Gasteiger partial charge in [0.15, 0.2) is 11.6 Å². The number of hydrogen-bond donors (Lipinski definition) is 2. The number of carbonyl (C=O) groups is 1. The van der Waals surface area contributed by atoms with Crippen molar-refractivity contribution in [1.29, 1.82) is 0 Å². The molecule has 2 fully saturated rings. The Bertz CT molecular complexity index is 1030. The van der Waals surface area contributed by atoms with E-state index in [2.05, 4.69) is 5.32 Å². The highest BCUT2D eigenvalue weighted by molar-refractivity contribution is 5.85. The van der Waals surface area contributed by atoms with E-state index in [-0.39, 0.29) is 37.0 Å². The summed E-state index contributed by atoms with van der Waals surface area (Å²) in [4.78, 5) is 15.0. The Hall–Kier alpha value is -2.16. The molecule has 4 rings (SSSR count). The summed E-state index contributed by atoms with van der Waals surface area (Å²) < 4.78 is 54.9. The second kappa shape index (κ2) is 9.60. The van der Waals surface area contributed by atoms with Crippen LogP contribution >= 0.6 is 12.4 Å². The molecule has 0 unspecified atom stereocenters. The van der Waals surface area contributed by atoms with Gasteiger partial charge in [-0.2, -0.15) is 0 Å². The fraction of sp³-hybridized carbons (Fsp3) is 0.458. The molecular weight excluding hydrogens is 460 g/mol. The van der Waals surface area contributed by atoms with Gasteiger partial charge < -0.3 is 15.3 Å². The normalized spacial score (nSPS) is 29.6. The molecule has 5 atom stereocenters. The van der Waals surface area contributed by atoms with Gasteiger partial charge in [-0.05, 0) is 29.3 Å². The SMILES string of the molecule is C[C@@H]1CN(C(=O)[C@@H]2CNC[C@H]2c2ccc(F)cc2F)C[C@H](C)[C@]1(O)c1ccc(F)c(F)c1.Cl. The number of nitrogens with one attached hydrogen (secondary N) is 1. The van der Waals surface area contributed by atoms with Crippen LogP contribution in [0.1, 0.15) is 30.9 Å². The minimum Gasteiger partial charge on any atom is -0.384 e. The second-order valence-electron chi connectivity index (χ2n) is 9.04.